The van der Waals surface area contributed by atoms with E-state index in [1.54, 1.807) is 25.1 Å². The molecule has 0 saturated carbocycles. The maximum atomic E-state index is 11.7. The largest absolute Gasteiger partial charge is 0.507 e. The Bertz CT molecular complexity index is 397. The number of rotatable bonds is 4. The van der Waals surface area contributed by atoms with Crippen molar-refractivity contribution in [3.05, 3.63) is 41.5 Å². The van der Waals surface area contributed by atoms with E-state index in [0.717, 1.165) is 6.42 Å². The van der Waals surface area contributed by atoms with Crippen molar-refractivity contribution in [1.29, 1.82) is 0 Å². The van der Waals surface area contributed by atoms with Gasteiger partial charge in [-0.15, -0.1) is 0 Å². The number of phenolic OH excluding ortho intramolecular Hbond substituents is 1. The third-order valence-electron chi connectivity index (χ3n) is 2.31. The standard InChI is InChI=1S/C13H17NO2/c1-3-4-5-9-14-13(16)11-8-6-7-10(2)12(11)15/h3-4,6-8,15H,5,9H2,1-2H3,(H,14,16)/b4-3+. The summed E-state index contributed by atoms with van der Waals surface area (Å²) in [5.74, 6) is -0.170. The van der Waals surface area contributed by atoms with Crippen LogP contribution in [0.15, 0.2) is 30.4 Å². The lowest BCUT2D eigenvalue weighted by atomic mass is 10.1. The summed E-state index contributed by atoms with van der Waals surface area (Å²) in [5, 5.41) is 12.4. The highest BCUT2D eigenvalue weighted by Crippen LogP contribution is 2.20. The number of nitrogens with one attached hydrogen (secondary N) is 1. The van der Waals surface area contributed by atoms with Gasteiger partial charge in [-0.1, -0.05) is 24.3 Å². The summed E-state index contributed by atoms with van der Waals surface area (Å²) in [4.78, 5) is 11.7. The molecule has 0 unspecified atom stereocenters. The molecule has 0 aliphatic rings. The molecule has 0 radical (unpaired) electrons. The number of aromatic hydroxyl groups is 1. The van der Waals surface area contributed by atoms with E-state index in [9.17, 15) is 9.90 Å². The summed E-state index contributed by atoms with van der Waals surface area (Å²) in [6.07, 6.45) is 4.72. The van der Waals surface area contributed by atoms with Crippen LogP contribution in [-0.4, -0.2) is 17.6 Å². The zero-order valence-electron chi connectivity index (χ0n) is 9.66. The van der Waals surface area contributed by atoms with E-state index in [2.05, 4.69) is 5.32 Å². The van der Waals surface area contributed by atoms with Crippen LogP contribution in [0.5, 0.6) is 5.75 Å². The highest BCUT2D eigenvalue weighted by Gasteiger charge is 2.10. The molecule has 1 aromatic carbocycles. The average Bonchev–Trinajstić information content (AvgIpc) is 2.28. The molecule has 3 heteroatoms. The molecule has 86 valence electrons. The Balaban J connectivity index is 2.63. The average molecular weight is 219 g/mol. The zero-order valence-corrected chi connectivity index (χ0v) is 9.66. The van der Waals surface area contributed by atoms with E-state index in [0.29, 0.717) is 17.7 Å². The number of hydrogen-bond donors (Lipinski definition) is 2. The molecular weight excluding hydrogens is 202 g/mol. The minimum absolute atomic E-state index is 0.0611. The van der Waals surface area contributed by atoms with Gasteiger partial charge in [0, 0.05) is 6.54 Å². The molecule has 0 aliphatic carbocycles. The second kappa shape index (κ2) is 5.95. The van der Waals surface area contributed by atoms with Crippen molar-refractivity contribution in [3.8, 4) is 5.75 Å². The van der Waals surface area contributed by atoms with Crippen molar-refractivity contribution in [2.45, 2.75) is 20.3 Å². The Morgan fingerprint density at radius 2 is 2.25 bits per heavy atom. The number of phenols is 1. The van der Waals surface area contributed by atoms with Crippen LogP contribution in [0.2, 0.25) is 0 Å². The van der Waals surface area contributed by atoms with Gasteiger partial charge in [-0.05, 0) is 31.9 Å². The third kappa shape index (κ3) is 3.12. The second-order valence-corrected chi connectivity index (χ2v) is 3.58. The first-order valence-electron chi connectivity index (χ1n) is 5.34. The zero-order chi connectivity index (χ0) is 12.0. The molecule has 0 bridgehead atoms. The predicted octanol–water partition coefficient (Wildman–Crippen LogP) is 2.40. The topological polar surface area (TPSA) is 49.3 Å². The number of benzene rings is 1. The number of hydrogen-bond acceptors (Lipinski definition) is 2. The Morgan fingerprint density at radius 3 is 2.94 bits per heavy atom. The van der Waals surface area contributed by atoms with E-state index in [-0.39, 0.29) is 11.7 Å². The van der Waals surface area contributed by atoms with Gasteiger partial charge in [-0.25, -0.2) is 0 Å². The van der Waals surface area contributed by atoms with Gasteiger partial charge in [0.15, 0.2) is 0 Å². The fraction of sp³-hybridized carbons (Fsp3) is 0.308. The maximum absolute atomic E-state index is 11.7. The molecule has 0 saturated heterocycles. The molecule has 0 aromatic heterocycles. The SMILES string of the molecule is C/C=C/CCNC(=O)c1cccc(C)c1O. The number of para-hydroxylation sites is 1. The highest BCUT2D eigenvalue weighted by molar-refractivity contribution is 5.97. The van der Waals surface area contributed by atoms with Gasteiger partial charge < -0.3 is 10.4 Å². The molecule has 0 heterocycles. The highest BCUT2D eigenvalue weighted by atomic mass is 16.3. The fourth-order valence-electron chi connectivity index (χ4n) is 1.37. The monoisotopic (exact) mass is 219 g/mol. The van der Waals surface area contributed by atoms with Crippen LogP contribution in [0.4, 0.5) is 0 Å². The minimum atomic E-state index is -0.231. The lowest BCUT2D eigenvalue weighted by Gasteiger charge is -2.07. The van der Waals surface area contributed by atoms with Gasteiger partial charge in [-0.3, -0.25) is 4.79 Å². The number of aryl methyl sites for hydroxylation is 1. The van der Waals surface area contributed by atoms with Crippen LogP contribution in [0.1, 0.15) is 29.3 Å². The van der Waals surface area contributed by atoms with Gasteiger partial charge in [0.2, 0.25) is 0 Å². The van der Waals surface area contributed by atoms with Crippen LogP contribution < -0.4 is 5.32 Å². The van der Waals surface area contributed by atoms with Crippen LogP contribution in [0.25, 0.3) is 0 Å². The lowest BCUT2D eigenvalue weighted by molar-refractivity contribution is 0.0951. The van der Waals surface area contributed by atoms with Crippen molar-refractivity contribution in [3.63, 3.8) is 0 Å². The van der Waals surface area contributed by atoms with Crippen molar-refractivity contribution in [2.24, 2.45) is 0 Å². The molecule has 1 aromatic rings. The Kier molecular flexibility index (Phi) is 4.58. The molecule has 2 N–H and O–H groups in total. The molecule has 1 amide bonds. The van der Waals surface area contributed by atoms with Crippen LogP contribution in [0.3, 0.4) is 0 Å². The summed E-state index contributed by atoms with van der Waals surface area (Å²) in [7, 11) is 0. The van der Waals surface area contributed by atoms with Crippen molar-refractivity contribution in [2.75, 3.05) is 6.54 Å². The molecule has 0 spiro atoms. The number of carbonyl (C=O) groups excluding carboxylic acids is 1. The first-order valence-corrected chi connectivity index (χ1v) is 5.34. The summed E-state index contributed by atoms with van der Waals surface area (Å²) in [6.45, 7) is 4.29. The molecule has 3 nitrogen and oxygen atoms in total. The van der Waals surface area contributed by atoms with Crippen molar-refractivity contribution in [1.82, 2.24) is 5.32 Å². The molecule has 0 aliphatic heterocycles. The van der Waals surface area contributed by atoms with E-state index in [1.165, 1.54) is 0 Å². The fourth-order valence-corrected chi connectivity index (χ4v) is 1.37. The number of carbonyl (C=O) groups is 1. The Morgan fingerprint density at radius 1 is 1.50 bits per heavy atom. The van der Waals surface area contributed by atoms with E-state index >= 15 is 0 Å². The summed E-state index contributed by atoms with van der Waals surface area (Å²) in [5.41, 5.74) is 1.04. The van der Waals surface area contributed by atoms with E-state index in [4.69, 9.17) is 0 Å². The summed E-state index contributed by atoms with van der Waals surface area (Å²) >= 11 is 0. The maximum Gasteiger partial charge on any atom is 0.255 e. The van der Waals surface area contributed by atoms with Crippen molar-refractivity contribution >= 4 is 5.91 Å². The van der Waals surface area contributed by atoms with Crippen LogP contribution in [0, 0.1) is 6.92 Å². The van der Waals surface area contributed by atoms with Crippen LogP contribution >= 0.6 is 0 Å². The molecule has 16 heavy (non-hydrogen) atoms. The number of allylic oxidation sites excluding steroid dienone is 1. The molecular formula is C13H17NO2. The summed E-state index contributed by atoms with van der Waals surface area (Å²) < 4.78 is 0. The van der Waals surface area contributed by atoms with Crippen molar-refractivity contribution < 1.29 is 9.90 Å². The second-order valence-electron chi connectivity index (χ2n) is 3.58. The quantitative estimate of drug-likeness (QED) is 0.603. The number of amides is 1. The smallest absolute Gasteiger partial charge is 0.255 e. The van der Waals surface area contributed by atoms with Gasteiger partial charge in [-0.2, -0.15) is 0 Å². The molecule has 0 atom stereocenters. The van der Waals surface area contributed by atoms with E-state index in [1.807, 2.05) is 19.1 Å². The van der Waals surface area contributed by atoms with E-state index < -0.39 is 0 Å². The first-order chi connectivity index (χ1) is 7.66. The van der Waals surface area contributed by atoms with Crippen LogP contribution in [-0.2, 0) is 0 Å². The third-order valence-corrected chi connectivity index (χ3v) is 2.31. The predicted molar refractivity (Wildman–Crippen MR) is 64.6 cm³/mol. The van der Waals surface area contributed by atoms with Gasteiger partial charge in [0.05, 0.1) is 5.56 Å². The first kappa shape index (κ1) is 12.3. The van der Waals surface area contributed by atoms with Gasteiger partial charge in [0.1, 0.15) is 5.75 Å². The Labute approximate surface area is 95.8 Å². The Hall–Kier alpha value is -1.77. The lowest BCUT2D eigenvalue weighted by Crippen LogP contribution is -2.24. The summed E-state index contributed by atoms with van der Waals surface area (Å²) in [6, 6.07) is 5.15. The normalized spacial score (nSPS) is 10.6. The minimum Gasteiger partial charge on any atom is -0.507 e. The van der Waals surface area contributed by atoms with Gasteiger partial charge in [0.25, 0.3) is 5.91 Å². The van der Waals surface area contributed by atoms with Gasteiger partial charge >= 0.3 is 0 Å². The molecule has 0 fully saturated rings. The molecule has 1 rings (SSSR count).